The van der Waals surface area contributed by atoms with Crippen LogP contribution in [0.5, 0.6) is 0 Å². The maximum atomic E-state index is 13.1. The zero-order valence-electron chi connectivity index (χ0n) is 12.9. The molecule has 0 saturated heterocycles. The molecule has 0 radical (unpaired) electrons. The van der Waals surface area contributed by atoms with E-state index < -0.39 is 14.6 Å². The van der Waals surface area contributed by atoms with Crippen LogP contribution in [-0.2, 0) is 9.84 Å². The lowest BCUT2D eigenvalue weighted by Crippen LogP contribution is -2.35. The van der Waals surface area contributed by atoms with E-state index in [1.165, 1.54) is 0 Å². The smallest absolute Gasteiger partial charge is 0.192 e. The molecule has 1 fully saturated rings. The van der Waals surface area contributed by atoms with Crippen LogP contribution in [0.1, 0.15) is 22.3 Å². The number of benzene rings is 2. The number of ketones is 1. The predicted molar refractivity (Wildman–Crippen MR) is 90.2 cm³/mol. The number of allylic oxidation sites excluding steroid dienone is 1. The largest absolute Gasteiger partial charge is 0.292 e. The summed E-state index contributed by atoms with van der Waals surface area (Å²) in [5.41, 5.74) is 1.40. The summed E-state index contributed by atoms with van der Waals surface area (Å²) in [7, 11) is -3.77. The van der Waals surface area contributed by atoms with Crippen LogP contribution in [0, 0.1) is 12.8 Å². The zero-order chi connectivity index (χ0) is 16.7. The molecule has 2 aromatic carbocycles. The zero-order valence-corrected chi connectivity index (χ0v) is 13.7. The molecule has 3 rings (SSSR count). The molecule has 0 heterocycles. The van der Waals surface area contributed by atoms with Crippen molar-refractivity contribution < 1.29 is 13.2 Å². The SMILES string of the molecule is C=CC1CC1(C(=O)c1ccccc1)S(=O)(=O)c1ccc(C)cc1. The molecular weight excluding hydrogens is 308 g/mol. The predicted octanol–water partition coefficient (Wildman–Crippen LogP) is 3.60. The Morgan fingerprint density at radius 3 is 2.26 bits per heavy atom. The van der Waals surface area contributed by atoms with Crippen molar-refractivity contribution in [1.29, 1.82) is 0 Å². The lowest BCUT2D eigenvalue weighted by atomic mass is 10.1. The highest BCUT2D eigenvalue weighted by atomic mass is 32.2. The Kier molecular flexibility index (Phi) is 3.72. The normalized spacial score (nSPS) is 23.3. The van der Waals surface area contributed by atoms with Crippen molar-refractivity contribution in [1.82, 2.24) is 0 Å². The minimum atomic E-state index is -3.77. The number of hydrogen-bond donors (Lipinski definition) is 0. The highest BCUT2D eigenvalue weighted by molar-refractivity contribution is 7.94. The number of Topliss-reactive ketones (excluding diaryl/α,β-unsaturated/α-hetero) is 1. The van der Waals surface area contributed by atoms with Gasteiger partial charge in [-0.2, -0.15) is 0 Å². The van der Waals surface area contributed by atoms with E-state index in [0.717, 1.165) is 5.56 Å². The summed E-state index contributed by atoms with van der Waals surface area (Å²) in [6.45, 7) is 5.59. The molecule has 0 bridgehead atoms. The maximum Gasteiger partial charge on any atom is 0.192 e. The Balaban J connectivity index is 2.10. The van der Waals surface area contributed by atoms with Crippen LogP contribution >= 0.6 is 0 Å². The highest BCUT2D eigenvalue weighted by Gasteiger charge is 2.67. The average molecular weight is 326 g/mol. The van der Waals surface area contributed by atoms with Crippen molar-refractivity contribution in [2.45, 2.75) is 23.0 Å². The Morgan fingerprint density at radius 2 is 1.74 bits per heavy atom. The number of hydrogen-bond acceptors (Lipinski definition) is 3. The van der Waals surface area contributed by atoms with Crippen LogP contribution in [-0.4, -0.2) is 18.9 Å². The average Bonchev–Trinajstić information content (AvgIpc) is 3.32. The van der Waals surface area contributed by atoms with Gasteiger partial charge in [-0.05, 0) is 25.5 Å². The number of sulfone groups is 1. The van der Waals surface area contributed by atoms with Crippen LogP contribution in [0.2, 0.25) is 0 Å². The molecule has 0 spiro atoms. The first-order valence-electron chi connectivity index (χ1n) is 7.47. The third-order valence-corrected chi connectivity index (χ3v) is 6.98. The summed E-state index contributed by atoms with van der Waals surface area (Å²) in [5.74, 6) is -0.690. The van der Waals surface area contributed by atoms with E-state index in [4.69, 9.17) is 0 Å². The molecule has 118 valence electrons. The number of aryl methyl sites for hydroxylation is 1. The molecule has 0 amide bonds. The van der Waals surface area contributed by atoms with Crippen molar-refractivity contribution in [3.05, 3.63) is 78.4 Å². The number of carbonyl (C=O) groups excluding carboxylic acids is 1. The molecule has 2 aromatic rings. The second-order valence-electron chi connectivity index (χ2n) is 5.95. The first-order valence-corrected chi connectivity index (χ1v) is 8.95. The van der Waals surface area contributed by atoms with Crippen molar-refractivity contribution >= 4 is 15.6 Å². The van der Waals surface area contributed by atoms with E-state index in [1.807, 2.05) is 6.92 Å². The highest BCUT2D eigenvalue weighted by Crippen LogP contribution is 2.55. The Hall–Kier alpha value is -2.20. The van der Waals surface area contributed by atoms with Crippen LogP contribution in [0.15, 0.2) is 72.1 Å². The summed E-state index contributed by atoms with van der Waals surface area (Å²) in [6.07, 6.45) is 1.87. The van der Waals surface area contributed by atoms with Crippen molar-refractivity contribution in [3.63, 3.8) is 0 Å². The molecule has 1 aliphatic carbocycles. The van der Waals surface area contributed by atoms with Crippen LogP contribution < -0.4 is 0 Å². The summed E-state index contributed by atoms with van der Waals surface area (Å²) >= 11 is 0. The van der Waals surface area contributed by atoms with Gasteiger partial charge in [-0.3, -0.25) is 4.79 Å². The fraction of sp³-hybridized carbons (Fsp3) is 0.211. The molecule has 2 atom stereocenters. The minimum Gasteiger partial charge on any atom is -0.292 e. The van der Waals surface area contributed by atoms with Crippen molar-refractivity contribution in [3.8, 4) is 0 Å². The standard InChI is InChI=1S/C19H18O3S/c1-3-16-13-19(16,18(20)15-7-5-4-6-8-15)23(21,22)17-11-9-14(2)10-12-17/h3-12,16H,1,13H2,2H3. The molecule has 0 aromatic heterocycles. The second-order valence-corrected chi connectivity index (χ2v) is 8.15. The minimum absolute atomic E-state index is 0.191. The molecule has 0 aliphatic heterocycles. The quantitative estimate of drug-likeness (QED) is 0.623. The van der Waals surface area contributed by atoms with Crippen LogP contribution in [0.25, 0.3) is 0 Å². The van der Waals surface area contributed by atoms with Crippen molar-refractivity contribution in [2.75, 3.05) is 0 Å². The van der Waals surface area contributed by atoms with Gasteiger partial charge >= 0.3 is 0 Å². The Labute approximate surface area is 136 Å². The van der Waals surface area contributed by atoms with Crippen molar-refractivity contribution in [2.24, 2.45) is 5.92 Å². The van der Waals surface area contributed by atoms with Gasteiger partial charge in [0.2, 0.25) is 0 Å². The first kappa shape index (κ1) is 15.7. The summed E-state index contributed by atoms with van der Waals surface area (Å²) in [5, 5.41) is 0. The molecular formula is C19H18O3S. The van der Waals surface area contributed by atoms with E-state index in [1.54, 1.807) is 60.7 Å². The molecule has 0 N–H and O–H groups in total. The molecule has 4 heteroatoms. The Morgan fingerprint density at radius 1 is 1.13 bits per heavy atom. The summed E-state index contributed by atoms with van der Waals surface area (Å²) in [6, 6.07) is 15.2. The molecule has 1 saturated carbocycles. The summed E-state index contributed by atoms with van der Waals surface area (Å²) in [4.78, 5) is 13.1. The molecule has 23 heavy (non-hydrogen) atoms. The molecule has 3 nitrogen and oxygen atoms in total. The van der Waals surface area contributed by atoms with Gasteiger partial charge in [0.1, 0.15) is 4.75 Å². The number of carbonyl (C=O) groups is 1. The Bertz CT molecular complexity index is 851. The van der Waals surface area contributed by atoms with Gasteiger partial charge in [0.25, 0.3) is 0 Å². The monoisotopic (exact) mass is 326 g/mol. The van der Waals surface area contributed by atoms with Gasteiger partial charge < -0.3 is 0 Å². The topological polar surface area (TPSA) is 51.2 Å². The van der Waals surface area contributed by atoms with Gasteiger partial charge in [-0.15, -0.1) is 6.58 Å². The lowest BCUT2D eigenvalue weighted by molar-refractivity contribution is 0.0974. The molecule has 1 aliphatic rings. The second kappa shape index (κ2) is 5.46. The van der Waals surface area contributed by atoms with E-state index in [9.17, 15) is 13.2 Å². The summed E-state index contributed by atoms with van der Waals surface area (Å²) < 4.78 is 24.9. The van der Waals surface area contributed by atoms with Crippen LogP contribution in [0.4, 0.5) is 0 Å². The van der Waals surface area contributed by atoms with E-state index in [0.29, 0.717) is 12.0 Å². The van der Waals surface area contributed by atoms with Gasteiger partial charge in [0.05, 0.1) is 4.90 Å². The molecule has 2 unspecified atom stereocenters. The van der Waals surface area contributed by atoms with Gasteiger partial charge in [-0.25, -0.2) is 8.42 Å². The lowest BCUT2D eigenvalue weighted by Gasteiger charge is -2.17. The van der Waals surface area contributed by atoms with Gasteiger partial charge in [0.15, 0.2) is 15.6 Å². The number of rotatable bonds is 5. The van der Waals surface area contributed by atoms with E-state index in [2.05, 4.69) is 6.58 Å². The third-order valence-electron chi connectivity index (χ3n) is 4.48. The maximum absolute atomic E-state index is 13.1. The van der Waals surface area contributed by atoms with Gasteiger partial charge in [0, 0.05) is 11.5 Å². The first-order chi connectivity index (χ1) is 10.9. The fourth-order valence-corrected chi connectivity index (χ4v) is 5.17. The third kappa shape index (κ3) is 2.34. The van der Waals surface area contributed by atoms with E-state index >= 15 is 0 Å². The van der Waals surface area contributed by atoms with Crippen LogP contribution in [0.3, 0.4) is 0 Å². The van der Waals surface area contributed by atoms with E-state index in [-0.39, 0.29) is 16.6 Å². The van der Waals surface area contributed by atoms with Gasteiger partial charge in [-0.1, -0.05) is 54.1 Å². The fourth-order valence-electron chi connectivity index (χ4n) is 3.00.